The van der Waals surface area contributed by atoms with Gasteiger partial charge in [0.15, 0.2) is 0 Å². The Morgan fingerprint density at radius 2 is 2.00 bits per heavy atom. The van der Waals surface area contributed by atoms with Crippen LogP contribution in [0, 0.1) is 11.3 Å². The Hall–Kier alpha value is -2.95. The van der Waals surface area contributed by atoms with Gasteiger partial charge in [-0.3, -0.25) is 0 Å². The number of nitriles is 1. The van der Waals surface area contributed by atoms with Crippen molar-refractivity contribution in [3.05, 3.63) is 40.3 Å². The number of tetrazole rings is 1. The van der Waals surface area contributed by atoms with Crippen LogP contribution < -0.4 is 5.69 Å². The van der Waals surface area contributed by atoms with Gasteiger partial charge in [0.05, 0.1) is 11.3 Å². The molecule has 1 aromatic carbocycles. The maximum atomic E-state index is 12.8. The average molecular weight is 340 g/mol. The highest BCUT2D eigenvalue weighted by Crippen LogP contribution is 2.22. The second-order valence-electron chi connectivity index (χ2n) is 6.07. The minimum atomic E-state index is -0.665. The fourth-order valence-electron chi connectivity index (χ4n) is 3.33. The summed E-state index contributed by atoms with van der Waals surface area (Å²) in [6, 6.07) is 8.27. The van der Waals surface area contributed by atoms with Gasteiger partial charge in [0, 0.05) is 12.6 Å². The lowest BCUT2D eigenvalue weighted by atomic mass is 9.94. The Labute approximate surface area is 145 Å². The number of amides is 1. The van der Waals surface area contributed by atoms with Gasteiger partial charge in [0.1, 0.15) is 6.07 Å². The number of rotatable bonds is 3. The van der Waals surface area contributed by atoms with E-state index in [2.05, 4.69) is 10.4 Å². The van der Waals surface area contributed by atoms with Crippen LogP contribution in [0.1, 0.15) is 44.6 Å². The first-order valence-electron chi connectivity index (χ1n) is 8.53. The second kappa shape index (κ2) is 7.30. The van der Waals surface area contributed by atoms with Crippen molar-refractivity contribution >= 4 is 6.03 Å². The molecule has 1 amide bonds. The Balaban J connectivity index is 1.94. The summed E-state index contributed by atoms with van der Waals surface area (Å²) < 4.78 is 1.78. The minimum Gasteiger partial charge on any atom is -0.320 e. The van der Waals surface area contributed by atoms with Crippen LogP contribution in [0.2, 0.25) is 0 Å². The third-order valence-corrected chi connectivity index (χ3v) is 4.62. The van der Waals surface area contributed by atoms with E-state index in [0.717, 1.165) is 35.0 Å². The summed E-state index contributed by atoms with van der Waals surface area (Å²) in [6.07, 6.45) is 5.25. The molecule has 2 aromatic rings. The molecule has 0 spiro atoms. The van der Waals surface area contributed by atoms with E-state index in [9.17, 15) is 14.9 Å². The Morgan fingerprint density at radius 3 is 2.68 bits per heavy atom. The molecule has 3 rings (SSSR count). The Kier molecular flexibility index (Phi) is 4.93. The number of nitrogens with zero attached hydrogens (tertiary/aromatic N) is 6. The molecule has 8 nitrogen and oxygen atoms in total. The summed E-state index contributed by atoms with van der Waals surface area (Å²) in [7, 11) is 0. The molecule has 0 bridgehead atoms. The van der Waals surface area contributed by atoms with Crippen molar-refractivity contribution in [2.75, 3.05) is 6.54 Å². The van der Waals surface area contributed by atoms with Crippen molar-refractivity contribution < 1.29 is 4.79 Å². The molecule has 1 aliphatic carbocycles. The molecule has 25 heavy (non-hydrogen) atoms. The molecule has 0 atom stereocenters. The smallest absolute Gasteiger partial charge is 0.320 e. The van der Waals surface area contributed by atoms with E-state index in [1.807, 2.05) is 13.0 Å². The van der Waals surface area contributed by atoms with Gasteiger partial charge in [0.2, 0.25) is 0 Å². The lowest BCUT2D eigenvalue weighted by Gasteiger charge is -2.32. The van der Waals surface area contributed by atoms with E-state index in [1.54, 1.807) is 29.2 Å². The summed E-state index contributed by atoms with van der Waals surface area (Å²) in [4.78, 5) is 27.1. The zero-order valence-electron chi connectivity index (χ0n) is 14.1. The third kappa shape index (κ3) is 3.18. The fourth-order valence-corrected chi connectivity index (χ4v) is 3.33. The number of carbonyl (C=O) groups is 1. The van der Waals surface area contributed by atoms with Crippen molar-refractivity contribution in [2.45, 2.75) is 45.1 Å². The van der Waals surface area contributed by atoms with Gasteiger partial charge in [-0.25, -0.2) is 9.59 Å². The lowest BCUT2D eigenvalue weighted by Crippen LogP contribution is -2.47. The van der Waals surface area contributed by atoms with Gasteiger partial charge in [-0.15, -0.1) is 4.68 Å². The maximum Gasteiger partial charge on any atom is 0.377 e. The molecule has 0 unspecified atom stereocenters. The van der Waals surface area contributed by atoms with Crippen LogP contribution >= 0.6 is 0 Å². The largest absolute Gasteiger partial charge is 0.377 e. The number of aromatic nitrogens is 4. The topological polar surface area (TPSA) is 96.8 Å². The Morgan fingerprint density at radius 1 is 1.28 bits per heavy atom. The quantitative estimate of drug-likeness (QED) is 0.795. The van der Waals surface area contributed by atoms with Gasteiger partial charge >= 0.3 is 11.7 Å². The molecule has 0 aliphatic heterocycles. The van der Waals surface area contributed by atoms with Crippen LogP contribution in [0.15, 0.2) is 29.1 Å². The van der Waals surface area contributed by atoms with Crippen LogP contribution in [-0.2, 0) is 0 Å². The van der Waals surface area contributed by atoms with Crippen molar-refractivity contribution in [2.24, 2.45) is 0 Å². The van der Waals surface area contributed by atoms with Crippen LogP contribution in [0.4, 0.5) is 4.79 Å². The lowest BCUT2D eigenvalue weighted by molar-refractivity contribution is 0.157. The van der Waals surface area contributed by atoms with Crippen molar-refractivity contribution in [3.63, 3.8) is 0 Å². The molecule has 0 radical (unpaired) electrons. The first-order chi connectivity index (χ1) is 12.2. The number of hydrogen-bond donors (Lipinski definition) is 0. The molecular weight excluding hydrogens is 320 g/mol. The van der Waals surface area contributed by atoms with Gasteiger partial charge < -0.3 is 4.90 Å². The van der Waals surface area contributed by atoms with E-state index in [0.29, 0.717) is 17.8 Å². The number of para-hydroxylation sites is 1. The molecular formula is C17H20N6O2. The molecule has 1 aliphatic rings. The summed E-state index contributed by atoms with van der Waals surface area (Å²) >= 11 is 0. The normalized spacial score (nSPS) is 14.9. The van der Waals surface area contributed by atoms with E-state index < -0.39 is 11.7 Å². The molecule has 1 aromatic heterocycles. The number of hydrogen-bond acceptors (Lipinski definition) is 5. The third-order valence-electron chi connectivity index (χ3n) is 4.62. The first-order valence-corrected chi connectivity index (χ1v) is 8.53. The predicted octanol–water partition coefficient (Wildman–Crippen LogP) is 1.92. The summed E-state index contributed by atoms with van der Waals surface area (Å²) in [5.74, 6) is 0. The Bertz CT molecular complexity index is 857. The SMILES string of the molecule is CCN(C(=O)n1nnn(-c2ccccc2C#N)c1=O)C1CCCCC1. The van der Waals surface area contributed by atoms with Crippen molar-refractivity contribution in [1.82, 2.24) is 24.7 Å². The van der Waals surface area contributed by atoms with Crippen LogP contribution in [-0.4, -0.2) is 43.3 Å². The van der Waals surface area contributed by atoms with Gasteiger partial charge in [-0.1, -0.05) is 31.4 Å². The average Bonchev–Trinajstić information content (AvgIpc) is 3.04. The van der Waals surface area contributed by atoms with E-state index in [-0.39, 0.29) is 6.04 Å². The van der Waals surface area contributed by atoms with Crippen LogP contribution in [0.5, 0.6) is 0 Å². The highest BCUT2D eigenvalue weighted by atomic mass is 16.2. The first kappa shape index (κ1) is 16.9. The monoisotopic (exact) mass is 340 g/mol. The van der Waals surface area contributed by atoms with Gasteiger partial charge in [-0.05, 0) is 42.3 Å². The zero-order valence-corrected chi connectivity index (χ0v) is 14.1. The van der Waals surface area contributed by atoms with Crippen molar-refractivity contribution in [3.8, 4) is 11.8 Å². The highest BCUT2D eigenvalue weighted by Gasteiger charge is 2.28. The van der Waals surface area contributed by atoms with Gasteiger partial charge in [-0.2, -0.15) is 9.94 Å². The molecule has 1 fully saturated rings. The van der Waals surface area contributed by atoms with E-state index in [1.165, 1.54) is 6.42 Å². The van der Waals surface area contributed by atoms with Gasteiger partial charge in [0.25, 0.3) is 0 Å². The summed E-state index contributed by atoms with van der Waals surface area (Å²) in [6.45, 7) is 2.41. The van der Waals surface area contributed by atoms with E-state index >= 15 is 0 Å². The molecule has 8 heteroatoms. The number of benzene rings is 1. The molecule has 130 valence electrons. The standard InChI is InChI=1S/C17H20N6O2/c1-2-21(14-9-4-3-5-10-14)16(24)23-17(25)22(19-20-23)15-11-7-6-8-13(15)12-18/h6-8,11,14H,2-5,9-10H2,1H3. The fraction of sp³-hybridized carbons (Fsp3) is 0.471. The minimum absolute atomic E-state index is 0.134. The zero-order chi connectivity index (χ0) is 17.8. The van der Waals surface area contributed by atoms with Crippen LogP contribution in [0.3, 0.4) is 0 Å². The van der Waals surface area contributed by atoms with Crippen molar-refractivity contribution in [1.29, 1.82) is 5.26 Å². The molecule has 1 saturated carbocycles. The number of carbonyl (C=O) groups excluding carboxylic acids is 1. The van der Waals surface area contributed by atoms with E-state index in [4.69, 9.17) is 0 Å². The molecule has 0 saturated heterocycles. The summed E-state index contributed by atoms with van der Waals surface area (Å²) in [5.41, 5.74) is -0.0551. The van der Waals surface area contributed by atoms with Crippen LogP contribution in [0.25, 0.3) is 5.69 Å². The highest BCUT2D eigenvalue weighted by molar-refractivity contribution is 5.76. The molecule has 0 N–H and O–H groups in total. The maximum absolute atomic E-state index is 12.8. The molecule has 1 heterocycles. The summed E-state index contributed by atoms with van der Waals surface area (Å²) in [5, 5.41) is 16.7. The predicted molar refractivity (Wildman–Crippen MR) is 90.4 cm³/mol. The second-order valence-corrected chi connectivity index (χ2v) is 6.07.